The Balaban J connectivity index is 1.74. The normalized spacial score (nSPS) is 27.6. The Morgan fingerprint density at radius 2 is 2.20 bits per heavy atom. The smallest absolute Gasteiger partial charge is 0.0796 e. The summed E-state index contributed by atoms with van der Waals surface area (Å²) in [6.45, 7) is 2.52. The van der Waals surface area contributed by atoms with E-state index in [1.54, 1.807) is 0 Å². The minimum atomic E-state index is 0.0467. The van der Waals surface area contributed by atoms with E-state index in [0.29, 0.717) is 12.0 Å². The Morgan fingerprint density at radius 3 is 2.85 bits per heavy atom. The van der Waals surface area contributed by atoms with Gasteiger partial charge in [0.1, 0.15) is 0 Å². The zero-order valence-corrected chi connectivity index (χ0v) is 12.5. The summed E-state index contributed by atoms with van der Waals surface area (Å²) in [6.07, 6.45) is 6.29. The first-order valence-electron chi connectivity index (χ1n) is 7.61. The second-order valence-electron chi connectivity index (χ2n) is 6.08. The SMILES string of the molecule is CNC(c1ccn(C)n1)C1CCOC2(CCOCC2)C1. The van der Waals surface area contributed by atoms with Crippen molar-refractivity contribution in [3.05, 3.63) is 18.0 Å². The number of rotatable bonds is 3. The molecular weight excluding hydrogens is 254 g/mol. The van der Waals surface area contributed by atoms with Crippen molar-refractivity contribution in [1.82, 2.24) is 15.1 Å². The molecule has 2 saturated heterocycles. The minimum Gasteiger partial charge on any atom is -0.381 e. The van der Waals surface area contributed by atoms with Crippen LogP contribution in [0.2, 0.25) is 0 Å². The lowest BCUT2D eigenvalue weighted by Gasteiger charge is -2.45. The summed E-state index contributed by atoms with van der Waals surface area (Å²) in [6, 6.07) is 2.44. The van der Waals surface area contributed by atoms with Crippen LogP contribution in [-0.2, 0) is 16.5 Å². The van der Waals surface area contributed by atoms with Crippen LogP contribution in [0.3, 0.4) is 0 Å². The van der Waals surface area contributed by atoms with Gasteiger partial charge in [0.25, 0.3) is 0 Å². The van der Waals surface area contributed by atoms with Gasteiger partial charge in [-0.1, -0.05) is 0 Å². The second-order valence-corrected chi connectivity index (χ2v) is 6.08. The summed E-state index contributed by atoms with van der Waals surface area (Å²) in [5.74, 6) is 0.585. The Morgan fingerprint density at radius 1 is 1.40 bits per heavy atom. The second kappa shape index (κ2) is 5.84. The zero-order valence-electron chi connectivity index (χ0n) is 12.5. The molecule has 2 aliphatic heterocycles. The standard InChI is InChI=1S/C15H25N3O2/c1-16-14(13-3-7-18(2)17-13)12-4-8-20-15(11-12)5-9-19-10-6-15/h3,7,12,14,16H,4-6,8-11H2,1-2H3. The molecule has 112 valence electrons. The fourth-order valence-corrected chi connectivity index (χ4v) is 3.67. The summed E-state index contributed by atoms with van der Waals surface area (Å²) >= 11 is 0. The Bertz CT molecular complexity index is 435. The molecule has 0 bridgehead atoms. The van der Waals surface area contributed by atoms with Gasteiger partial charge in [-0.25, -0.2) is 0 Å². The molecule has 1 spiro atoms. The van der Waals surface area contributed by atoms with E-state index in [4.69, 9.17) is 9.47 Å². The van der Waals surface area contributed by atoms with Gasteiger partial charge in [0.2, 0.25) is 0 Å². The largest absolute Gasteiger partial charge is 0.381 e. The van der Waals surface area contributed by atoms with E-state index < -0.39 is 0 Å². The maximum atomic E-state index is 6.14. The number of aryl methyl sites for hydroxylation is 1. The van der Waals surface area contributed by atoms with Crippen LogP contribution in [0, 0.1) is 5.92 Å². The molecule has 0 radical (unpaired) electrons. The summed E-state index contributed by atoms with van der Waals surface area (Å²) in [7, 11) is 4.01. The highest BCUT2D eigenvalue weighted by molar-refractivity contribution is 5.08. The zero-order chi connectivity index (χ0) is 14.0. The average molecular weight is 279 g/mol. The van der Waals surface area contributed by atoms with Crippen molar-refractivity contribution in [2.24, 2.45) is 13.0 Å². The molecule has 5 heteroatoms. The molecule has 20 heavy (non-hydrogen) atoms. The number of aromatic nitrogens is 2. The lowest BCUT2D eigenvalue weighted by molar-refractivity contribution is -0.150. The van der Waals surface area contributed by atoms with Crippen LogP contribution in [0.1, 0.15) is 37.4 Å². The minimum absolute atomic E-state index is 0.0467. The fraction of sp³-hybridized carbons (Fsp3) is 0.800. The number of nitrogens with one attached hydrogen (secondary N) is 1. The molecule has 1 aromatic heterocycles. The Kier molecular flexibility index (Phi) is 4.10. The molecule has 0 aliphatic carbocycles. The van der Waals surface area contributed by atoms with Crippen molar-refractivity contribution in [2.45, 2.75) is 37.3 Å². The van der Waals surface area contributed by atoms with E-state index >= 15 is 0 Å². The summed E-state index contributed by atoms with van der Waals surface area (Å²) in [5.41, 5.74) is 1.19. The lowest BCUT2D eigenvalue weighted by Crippen LogP contribution is -2.46. The molecule has 2 unspecified atom stereocenters. The van der Waals surface area contributed by atoms with Crippen molar-refractivity contribution in [3.63, 3.8) is 0 Å². The highest BCUT2D eigenvalue weighted by Gasteiger charge is 2.41. The first-order valence-corrected chi connectivity index (χ1v) is 7.61. The van der Waals surface area contributed by atoms with Gasteiger partial charge >= 0.3 is 0 Å². The highest BCUT2D eigenvalue weighted by Crippen LogP contribution is 2.41. The van der Waals surface area contributed by atoms with E-state index in [-0.39, 0.29) is 5.60 Å². The summed E-state index contributed by atoms with van der Waals surface area (Å²) < 4.78 is 13.5. The monoisotopic (exact) mass is 279 g/mol. The molecule has 3 heterocycles. The van der Waals surface area contributed by atoms with Crippen molar-refractivity contribution in [3.8, 4) is 0 Å². The van der Waals surface area contributed by atoms with Crippen molar-refractivity contribution in [1.29, 1.82) is 0 Å². The molecule has 1 aromatic rings. The number of hydrogen-bond acceptors (Lipinski definition) is 4. The molecule has 0 aromatic carbocycles. The topological polar surface area (TPSA) is 48.3 Å². The maximum Gasteiger partial charge on any atom is 0.0796 e. The third-order valence-electron chi connectivity index (χ3n) is 4.77. The molecule has 2 aliphatic rings. The maximum absolute atomic E-state index is 6.14. The van der Waals surface area contributed by atoms with E-state index in [9.17, 15) is 0 Å². The van der Waals surface area contributed by atoms with Crippen molar-refractivity contribution < 1.29 is 9.47 Å². The third-order valence-corrected chi connectivity index (χ3v) is 4.77. The molecule has 3 rings (SSSR count). The van der Waals surface area contributed by atoms with Crippen LogP contribution in [0.5, 0.6) is 0 Å². The van der Waals surface area contributed by atoms with Gasteiger partial charge in [0.15, 0.2) is 0 Å². The van der Waals surface area contributed by atoms with Crippen LogP contribution >= 0.6 is 0 Å². The third kappa shape index (κ3) is 2.75. The van der Waals surface area contributed by atoms with Gasteiger partial charge in [-0.05, 0) is 44.7 Å². The molecule has 5 nitrogen and oxygen atoms in total. The lowest BCUT2D eigenvalue weighted by atomic mass is 9.77. The molecule has 2 atom stereocenters. The molecule has 2 fully saturated rings. The van der Waals surface area contributed by atoms with Crippen LogP contribution in [0.4, 0.5) is 0 Å². The van der Waals surface area contributed by atoms with Crippen LogP contribution in [0.25, 0.3) is 0 Å². The number of ether oxygens (including phenoxy) is 2. The quantitative estimate of drug-likeness (QED) is 0.914. The Hall–Kier alpha value is -0.910. The van der Waals surface area contributed by atoms with Gasteiger partial charge in [0.05, 0.1) is 17.3 Å². The van der Waals surface area contributed by atoms with Gasteiger partial charge < -0.3 is 14.8 Å². The average Bonchev–Trinajstić information content (AvgIpc) is 2.87. The van der Waals surface area contributed by atoms with E-state index in [1.807, 2.05) is 25.0 Å². The number of hydrogen-bond donors (Lipinski definition) is 1. The molecule has 0 amide bonds. The van der Waals surface area contributed by atoms with Gasteiger partial charge in [-0.15, -0.1) is 0 Å². The Labute approximate surface area is 120 Å². The summed E-state index contributed by atoms with van der Waals surface area (Å²) in [5, 5.41) is 8.04. The van der Waals surface area contributed by atoms with Gasteiger partial charge in [-0.2, -0.15) is 5.10 Å². The molecule has 1 N–H and O–H groups in total. The van der Waals surface area contributed by atoms with Crippen LogP contribution in [-0.4, -0.2) is 42.2 Å². The van der Waals surface area contributed by atoms with Crippen LogP contribution < -0.4 is 5.32 Å². The first kappa shape index (κ1) is 14.0. The fourth-order valence-electron chi connectivity index (χ4n) is 3.67. The highest BCUT2D eigenvalue weighted by atomic mass is 16.5. The van der Waals surface area contributed by atoms with E-state index in [2.05, 4.69) is 16.5 Å². The van der Waals surface area contributed by atoms with Crippen LogP contribution in [0.15, 0.2) is 12.3 Å². The van der Waals surface area contributed by atoms with Crippen molar-refractivity contribution in [2.75, 3.05) is 26.9 Å². The predicted octanol–water partition coefficient (Wildman–Crippen LogP) is 1.66. The summed E-state index contributed by atoms with van der Waals surface area (Å²) in [4.78, 5) is 0. The first-order chi connectivity index (χ1) is 9.72. The molecule has 0 saturated carbocycles. The van der Waals surface area contributed by atoms with E-state index in [0.717, 1.165) is 51.2 Å². The van der Waals surface area contributed by atoms with E-state index in [1.165, 1.54) is 0 Å². The predicted molar refractivity (Wildman–Crippen MR) is 76.5 cm³/mol. The van der Waals surface area contributed by atoms with Crippen molar-refractivity contribution >= 4 is 0 Å². The molecular formula is C15H25N3O2. The van der Waals surface area contributed by atoms with Gasteiger partial charge in [-0.3, -0.25) is 4.68 Å². The van der Waals surface area contributed by atoms with Gasteiger partial charge in [0, 0.05) is 33.1 Å². The number of nitrogens with zero attached hydrogens (tertiary/aromatic N) is 2.